The maximum absolute atomic E-state index is 12.8. The van der Waals surface area contributed by atoms with Crippen molar-refractivity contribution in [2.45, 2.75) is 12.8 Å². The summed E-state index contributed by atoms with van der Waals surface area (Å²) in [4.78, 5) is 5.94. The lowest BCUT2D eigenvalue weighted by atomic mass is 10.4. The summed E-state index contributed by atoms with van der Waals surface area (Å²) < 4.78 is 18.7. The van der Waals surface area contributed by atoms with Crippen molar-refractivity contribution in [1.29, 1.82) is 0 Å². The van der Waals surface area contributed by atoms with Crippen molar-refractivity contribution in [3.63, 3.8) is 0 Å². The van der Waals surface area contributed by atoms with Crippen LogP contribution in [0, 0.1) is 5.95 Å². The van der Waals surface area contributed by atoms with Crippen molar-refractivity contribution in [2.24, 2.45) is 0 Å². The van der Waals surface area contributed by atoms with Crippen molar-refractivity contribution in [3.05, 3.63) is 22.7 Å². The molecule has 88 valence electrons. The molecule has 1 saturated heterocycles. The Morgan fingerprint density at radius 3 is 2.88 bits per heavy atom. The number of ether oxygens (including phenoxy) is 1. The van der Waals surface area contributed by atoms with E-state index >= 15 is 0 Å². The maximum Gasteiger partial charge on any atom is 0.227 e. The molecule has 0 atom stereocenters. The number of rotatable bonds is 4. The standard InChI is InChI=1S/C11H14BrFN2O/c12-10-7-9(8-14-11(10)13)16-6-5-15-3-1-2-4-15/h7-8H,1-6H2. The number of hydrogen-bond acceptors (Lipinski definition) is 3. The van der Waals surface area contributed by atoms with Crippen LogP contribution in [0.5, 0.6) is 5.75 Å². The number of halogens is 2. The summed E-state index contributed by atoms with van der Waals surface area (Å²) in [7, 11) is 0. The lowest BCUT2D eigenvalue weighted by Gasteiger charge is -2.14. The number of pyridine rings is 1. The van der Waals surface area contributed by atoms with E-state index < -0.39 is 5.95 Å². The van der Waals surface area contributed by atoms with E-state index in [-0.39, 0.29) is 0 Å². The summed E-state index contributed by atoms with van der Waals surface area (Å²) in [5, 5.41) is 0. The number of hydrogen-bond donors (Lipinski definition) is 0. The van der Waals surface area contributed by atoms with E-state index in [1.807, 2.05) is 0 Å². The van der Waals surface area contributed by atoms with Crippen molar-refractivity contribution in [3.8, 4) is 5.75 Å². The number of likely N-dealkylation sites (tertiary alicyclic amines) is 1. The molecule has 0 amide bonds. The molecule has 1 aromatic heterocycles. The zero-order valence-electron chi connectivity index (χ0n) is 8.96. The smallest absolute Gasteiger partial charge is 0.227 e. The second kappa shape index (κ2) is 5.59. The van der Waals surface area contributed by atoms with E-state index in [4.69, 9.17) is 4.74 Å². The largest absolute Gasteiger partial charge is 0.491 e. The van der Waals surface area contributed by atoms with E-state index in [0.29, 0.717) is 16.8 Å². The fraction of sp³-hybridized carbons (Fsp3) is 0.545. The second-order valence-corrected chi connectivity index (χ2v) is 4.70. The molecule has 5 heteroatoms. The summed E-state index contributed by atoms with van der Waals surface area (Å²) in [5.41, 5.74) is 0. The average Bonchev–Trinajstić information content (AvgIpc) is 2.76. The molecule has 1 aromatic rings. The van der Waals surface area contributed by atoms with Crippen LogP contribution in [0.4, 0.5) is 4.39 Å². The van der Waals surface area contributed by atoms with Gasteiger partial charge in [0.05, 0.1) is 10.7 Å². The molecular formula is C11H14BrFN2O. The highest BCUT2D eigenvalue weighted by atomic mass is 79.9. The summed E-state index contributed by atoms with van der Waals surface area (Å²) in [6.45, 7) is 3.87. The van der Waals surface area contributed by atoms with Crippen LogP contribution >= 0.6 is 15.9 Å². The first kappa shape index (κ1) is 11.8. The van der Waals surface area contributed by atoms with E-state index in [1.165, 1.54) is 19.0 Å². The van der Waals surface area contributed by atoms with Crippen molar-refractivity contribution >= 4 is 15.9 Å². The Morgan fingerprint density at radius 1 is 1.44 bits per heavy atom. The SMILES string of the molecule is Fc1ncc(OCCN2CCCC2)cc1Br. The van der Waals surface area contributed by atoms with Gasteiger partial charge in [-0.2, -0.15) is 4.39 Å². The van der Waals surface area contributed by atoms with Gasteiger partial charge in [0, 0.05) is 12.6 Å². The van der Waals surface area contributed by atoms with E-state index in [2.05, 4.69) is 25.8 Å². The minimum Gasteiger partial charge on any atom is -0.491 e. The van der Waals surface area contributed by atoms with Crippen LogP contribution in [0.25, 0.3) is 0 Å². The van der Waals surface area contributed by atoms with Gasteiger partial charge in [0.2, 0.25) is 5.95 Å². The predicted molar refractivity (Wildman–Crippen MR) is 63.1 cm³/mol. The normalized spacial score (nSPS) is 16.6. The molecule has 2 heterocycles. The Balaban J connectivity index is 1.78. The van der Waals surface area contributed by atoms with Crippen LogP contribution in [0.1, 0.15) is 12.8 Å². The summed E-state index contributed by atoms with van der Waals surface area (Å²) in [5.74, 6) is 0.0966. The van der Waals surface area contributed by atoms with Crippen molar-refractivity contribution < 1.29 is 9.13 Å². The van der Waals surface area contributed by atoms with Gasteiger partial charge in [0.1, 0.15) is 12.4 Å². The van der Waals surface area contributed by atoms with Gasteiger partial charge in [0.15, 0.2) is 0 Å². The third kappa shape index (κ3) is 3.15. The third-order valence-electron chi connectivity index (χ3n) is 2.65. The van der Waals surface area contributed by atoms with E-state index in [9.17, 15) is 4.39 Å². The Hall–Kier alpha value is -0.680. The van der Waals surface area contributed by atoms with Crippen LogP contribution in [-0.2, 0) is 0 Å². The quantitative estimate of drug-likeness (QED) is 0.796. The maximum atomic E-state index is 12.8. The molecule has 16 heavy (non-hydrogen) atoms. The molecule has 1 aliphatic heterocycles. The zero-order chi connectivity index (χ0) is 11.4. The lowest BCUT2D eigenvalue weighted by Crippen LogP contribution is -2.25. The molecule has 0 unspecified atom stereocenters. The number of aromatic nitrogens is 1. The molecule has 0 N–H and O–H groups in total. The van der Waals surface area contributed by atoms with Gasteiger partial charge in [-0.1, -0.05) is 0 Å². The van der Waals surface area contributed by atoms with Crippen molar-refractivity contribution in [1.82, 2.24) is 9.88 Å². The molecule has 3 nitrogen and oxygen atoms in total. The molecular weight excluding hydrogens is 275 g/mol. The van der Waals surface area contributed by atoms with Crippen LogP contribution in [0.15, 0.2) is 16.7 Å². The minimum absolute atomic E-state index is 0.339. The Bertz CT molecular complexity index is 356. The lowest BCUT2D eigenvalue weighted by molar-refractivity contribution is 0.236. The molecule has 1 fully saturated rings. The Kier molecular flexibility index (Phi) is 4.12. The molecule has 0 radical (unpaired) electrons. The zero-order valence-corrected chi connectivity index (χ0v) is 10.5. The van der Waals surface area contributed by atoms with Crippen LogP contribution < -0.4 is 4.74 Å². The van der Waals surface area contributed by atoms with E-state index in [0.717, 1.165) is 19.6 Å². The molecule has 1 aliphatic rings. The first-order chi connectivity index (χ1) is 7.75. The molecule has 0 aromatic carbocycles. The fourth-order valence-electron chi connectivity index (χ4n) is 1.78. The van der Waals surface area contributed by atoms with Gasteiger partial charge in [0.25, 0.3) is 0 Å². The average molecular weight is 289 g/mol. The highest BCUT2D eigenvalue weighted by molar-refractivity contribution is 9.10. The highest BCUT2D eigenvalue weighted by Gasteiger charge is 2.11. The summed E-state index contributed by atoms with van der Waals surface area (Å²) in [6.07, 6.45) is 3.97. The first-order valence-corrected chi connectivity index (χ1v) is 6.21. The van der Waals surface area contributed by atoms with Crippen LogP contribution in [-0.4, -0.2) is 36.1 Å². The van der Waals surface area contributed by atoms with Crippen molar-refractivity contribution in [2.75, 3.05) is 26.2 Å². The summed E-state index contributed by atoms with van der Waals surface area (Å²) >= 11 is 3.08. The summed E-state index contributed by atoms with van der Waals surface area (Å²) in [6, 6.07) is 1.60. The van der Waals surface area contributed by atoms with Crippen LogP contribution in [0.3, 0.4) is 0 Å². The molecule has 2 rings (SSSR count). The fourth-order valence-corrected chi connectivity index (χ4v) is 2.11. The molecule has 0 bridgehead atoms. The topological polar surface area (TPSA) is 25.4 Å². The third-order valence-corrected chi connectivity index (χ3v) is 3.20. The van der Waals surface area contributed by atoms with Gasteiger partial charge in [-0.15, -0.1) is 0 Å². The molecule has 0 spiro atoms. The Morgan fingerprint density at radius 2 is 2.19 bits per heavy atom. The molecule has 0 saturated carbocycles. The van der Waals surface area contributed by atoms with Gasteiger partial charge in [-0.3, -0.25) is 4.90 Å². The van der Waals surface area contributed by atoms with Crippen LogP contribution in [0.2, 0.25) is 0 Å². The number of nitrogens with zero attached hydrogens (tertiary/aromatic N) is 2. The molecule has 0 aliphatic carbocycles. The van der Waals surface area contributed by atoms with E-state index in [1.54, 1.807) is 6.07 Å². The second-order valence-electron chi connectivity index (χ2n) is 3.84. The first-order valence-electron chi connectivity index (χ1n) is 5.42. The van der Waals surface area contributed by atoms with Gasteiger partial charge in [-0.25, -0.2) is 4.98 Å². The Labute approximate surface area is 103 Å². The predicted octanol–water partition coefficient (Wildman–Crippen LogP) is 2.46. The van der Waals surface area contributed by atoms with Gasteiger partial charge >= 0.3 is 0 Å². The minimum atomic E-state index is -0.508. The van der Waals surface area contributed by atoms with Gasteiger partial charge in [-0.05, 0) is 41.9 Å². The van der Waals surface area contributed by atoms with Gasteiger partial charge < -0.3 is 4.74 Å². The monoisotopic (exact) mass is 288 g/mol. The highest BCUT2D eigenvalue weighted by Crippen LogP contribution is 2.19.